The third-order valence-corrected chi connectivity index (χ3v) is 8.40. The molecule has 0 fully saturated rings. The van der Waals surface area contributed by atoms with E-state index in [4.69, 9.17) is 28.9 Å². The summed E-state index contributed by atoms with van der Waals surface area (Å²) >= 11 is 0. The van der Waals surface area contributed by atoms with E-state index in [1.54, 1.807) is 36.4 Å². The SMILES string of the molecule is O=CC1=NC=COC1(C(=O)C1(C2=CCC=C3Oc4cc(O)ccc4N=C32)OC=CN=C1C=O)C1=CCC=C2Oc3cc(O)ccc3N=C21. The lowest BCUT2D eigenvalue weighted by molar-refractivity contribution is -0.141. The highest BCUT2D eigenvalue weighted by Crippen LogP contribution is 2.47. The minimum absolute atomic E-state index is 0.0318. The van der Waals surface area contributed by atoms with Gasteiger partial charge in [0.25, 0.3) is 0 Å². The molecule has 2 aromatic rings. The maximum Gasteiger partial charge on any atom is 0.243 e. The summed E-state index contributed by atoms with van der Waals surface area (Å²) in [6, 6.07) is 8.76. The Morgan fingerprint density at radius 3 is 1.58 bits per heavy atom. The van der Waals surface area contributed by atoms with Gasteiger partial charge in [-0.2, -0.15) is 0 Å². The second-order valence-corrected chi connectivity index (χ2v) is 11.0. The van der Waals surface area contributed by atoms with Crippen molar-refractivity contribution >= 4 is 52.6 Å². The second-order valence-electron chi connectivity index (χ2n) is 11.0. The summed E-state index contributed by atoms with van der Waals surface area (Å²) in [5.74, 6) is 0.0456. The third-order valence-electron chi connectivity index (χ3n) is 8.40. The van der Waals surface area contributed by atoms with Gasteiger partial charge in [0, 0.05) is 23.3 Å². The van der Waals surface area contributed by atoms with E-state index in [2.05, 4.69) is 9.98 Å². The van der Waals surface area contributed by atoms with E-state index in [9.17, 15) is 19.8 Å². The van der Waals surface area contributed by atoms with Crippen molar-refractivity contribution in [3.8, 4) is 23.0 Å². The standard InChI is InChI=1S/C35H22N4O9/c40-17-29-34(45-13-11-36-29,21-3-1-5-25-31(21)38-23-9-7-19(42)15-27(23)47-25)33(44)35(30(18-41)37-12-14-46-35)22-4-2-6-26-32(22)39-24-10-8-20(43)16-28(24)48-26/h3-18,42-43H,1-2H2. The van der Waals surface area contributed by atoms with Crippen LogP contribution in [0, 0.1) is 0 Å². The van der Waals surface area contributed by atoms with Gasteiger partial charge in [-0.1, -0.05) is 12.2 Å². The summed E-state index contributed by atoms with van der Waals surface area (Å²) in [6.07, 6.45) is 12.8. The van der Waals surface area contributed by atoms with Crippen LogP contribution in [0.1, 0.15) is 12.8 Å². The van der Waals surface area contributed by atoms with Gasteiger partial charge in [-0.15, -0.1) is 0 Å². The van der Waals surface area contributed by atoms with Gasteiger partial charge in [0.1, 0.15) is 69.8 Å². The first kappa shape index (κ1) is 28.8. The number of rotatable bonds is 6. The Hall–Kier alpha value is -6.63. The number of carbonyl (C=O) groups is 3. The number of aldehydes is 2. The summed E-state index contributed by atoms with van der Waals surface area (Å²) in [6.45, 7) is 0. The molecule has 2 unspecified atom stereocenters. The molecule has 0 saturated carbocycles. The molecule has 2 atom stereocenters. The van der Waals surface area contributed by atoms with Crippen LogP contribution in [-0.2, 0) is 23.9 Å². The Labute approximate surface area is 271 Å². The second kappa shape index (κ2) is 10.7. The minimum atomic E-state index is -2.34. The highest BCUT2D eigenvalue weighted by atomic mass is 16.5. The van der Waals surface area contributed by atoms with Crippen LogP contribution < -0.4 is 9.47 Å². The Morgan fingerprint density at radius 1 is 0.688 bits per heavy atom. The molecular weight excluding hydrogens is 620 g/mol. The van der Waals surface area contributed by atoms with Crippen LogP contribution in [0.4, 0.5) is 11.4 Å². The molecule has 0 amide bonds. The van der Waals surface area contributed by atoms with Gasteiger partial charge >= 0.3 is 0 Å². The number of phenols is 2. The van der Waals surface area contributed by atoms with E-state index in [0.29, 0.717) is 23.9 Å². The number of hydrogen-bond acceptors (Lipinski definition) is 13. The van der Waals surface area contributed by atoms with Crippen molar-refractivity contribution < 1.29 is 43.5 Å². The van der Waals surface area contributed by atoms with Gasteiger partial charge in [0.05, 0.1) is 12.4 Å². The van der Waals surface area contributed by atoms with Crippen LogP contribution in [0.3, 0.4) is 0 Å². The summed E-state index contributed by atoms with van der Waals surface area (Å²) < 4.78 is 24.6. The summed E-state index contributed by atoms with van der Waals surface area (Å²) in [7, 11) is 0. The molecule has 0 spiro atoms. The van der Waals surface area contributed by atoms with Gasteiger partial charge in [-0.05, 0) is 49.3 Å². The smallest absolute Gasteiger partial charge is 0.243 e. The van der Waals surface area contributed by atoms with Crippen LogP contribution >= 0.6 is 0 Å². The lowest BCUT2D eigenvalue weighted by Crippen LogP contribution is -2.66. The molecule has 0 bridgehead atoms. The molecule has 236 valence electrons. The van der Waals surface area contributed by atoms with Crippen molar-refractivity contribution in [2.75, 3.05) is 0 Å². The van der Waals surface area contributed by atoms with Crippen molar-refractivity contribution in [2.45, 2.75) is 24.0 Å². The fourth-order valence-electron chi connectivity index (χ4n) is 6.33. The number of Topliss-reactive ketones (excluding diaryl/α,β-unsaturated/α-hetero) is 1. The first-order valence-electron chi connectivity index (χ1n) is 14.7. The number of hydrogen-bond donors (Lipinski definition) is 2. The molecule has 48 heavy (non-hydrogen) atoms. The predicted molar refractivity (Wildman–Crippen MR) is 171 cm³/mol. The molecule has 2 N–H and O–H groups in total. The van der Waals surface area contributed by atoms with Crippen molar-refractivity contribution in [3.05, 3.63) is 108 Å². The van der Waals surface area contributed by atoms with Crippen LogP contribution in [-0.4, -0.2) is 62.6 Å². The number of allylic oxidation sites excluding steroid dienone is 6. The molecule has 4 aliphatic heterocycles. The van der Waals surface area contributed by atoms with E-state index >= 15 is 4.79 Å². The number of phenolic OH excluding ortho intramolecular Hbond substituents is 2. The minimum Gasteiger partial charge on any atom is -0.508 e. The van der Waals surface area contributed by atoms with Crippen LogP contribution in [0.25, 0.3) is 0 Å². The third kappa shape index (κ3) is 4.07. The Balaban J connectivity index is 1.35. The fourth-order valence-corrected chi connectivity index (χ4v) is 6.33. The molecule has 2 aliphatic carbocycles. The summed E-state index contributed by atoms with van der Waals surface area (Å²) in [5.41, 5.74) is -4.16. The van der Waals surface area contributed by atoms with Crippen LogP contribution in [0.2, 0.25) is 0 Å². The number of fused-ring (bicyclic) bond motifs is 4. The van der Waals surface area contributed by atoms with E-state index < -0.39 is 17.0 Å². The monoisotopic (exact) mass is 642 g/mol. The van der Waals surface area contributed by atoms with E-state index in [0.717, 1.165) is 12.5 Å². The highest BCUT2D eigenvalue weighted by Gasteiger charge is 2.65. The van der Waals surface area contributed by atoms with Gasteiger partial charge in [-0.25, -0.2) is 20.0 Å². The number of benzene rings is 2. The largest absolute Gasteiger partial charge is 0.508 e. The molecular formula is C35H22N4O9. The first-order chi connectivity index (χ1) is 23.4. The zero-order valence-electron chi connectivity index (χ0n) is 24.7. The number of nitrogens with zero attached hydrogens (tertiary/aromatic N) is 4. The molecule has 8 rings (SSSR count). The quantitative estimate of drug-likeness (QED) is 0.430. The lowest BCUT2D eigenvalue weighted by atomic mass is 9.68. The number of ketones is 1. The van der Waals surface area contributed by atoms with Crippen molar-refractivity contribution in [1.29, 1.82) is 0 Å². The molecule has 13 nitrogen and oxygen atoms in total. The number of carbonyl (C=O) groups excluding carboxylic acids is 3. The topological polar surface area (TPSA) is 178 Å². The van der Waals surface area contributed by atoms with E-state index in [1.807, 2.05) is 0 Å². The maximum absolute atomic E-state index is 15.7. The lowest BCUT2D eigenvalue weighted by Gasteiger charge is -2.44. The zero-order valence-corrected chi connectivity index (χ0v) is 24.7. The number of aliphatic imine (C=N–C) groups is 4. The Kier molecular flexibility index (Phi) is 6.44. The van der Waals surface area contributed by atoms with Crippen molar-refractivity contribution in [1.82, 2.24) is 0 Å². The maximum atomic E-state index is 15.7. The number of ether oxygens (including phenoxy) is 4. The van der Waals surface area contributed by atoms with Crippen molar-refractivity contribution in [3.63, 3.8) is 0 Å². The first-order valence-corrected chi connectivity index (χ1v) is 14.7. The normalized spacial score (nSPS) is 24.5. The van der Waals surface area contributed by atoms with Gasteiger partial charge in [0.2, 0.25) is 17.0 Å². The van der Waals surface area contributed by atoms with E-state index in [-0.39, 0.29) is 81.4 Å². The van der Waals surface area contributed by atoms with Crippen LogP contribution in [0.5, 0.6) is 23.0 Å². The summed E-state index contributed by atoms with van der Waals surface area (Å²) in [4.78, 5) is 59.4. The Bertz CT molecular complexity index is 2030. The fraction of sp³-hybridized carbons (Fsp3) is 0.114. The zero-order chi connectivity index (χ0) is 33.0. The summed E-state index contributed by atoms with van der Waals surface area (Å²) in [5, 5.41) is 20.1. The molecule has 0 saturated heterocycles. The molecule has 2 aromatic carbocycles. The molecule has 0 aromatic heterocycles. The van der Waals surface area contributed by atoms with Crippen molar-refractivity contribution in [2.24, 2.45) is 20.0 Å². The van der Waals surface area contributed by atoms with Gasteiger partial charge < -0.3 is 29.2 Å². The van der Waals surface area contributed by atoms with Gasteiger partial charge in [0.15, 0.2) is 24.1 Å². The average molecular weight is 643 g/mol. The number of aromatic hydroxyl groups is 2. The molecule has 4 heterocycles. The average Bonchev–Trinajstić information content (AvgIpc) is 3.12. The molecule has 6 aliphatic rings. The van der Waals surface area contributed by atoms with Gasteiger partial charge in [-0.3, -0.25) is 14.4 Å². The highest BCUT2D eigenvalue weighted by molar-refractivity contribution is 6.51. The molecule has 0 radical (unpaired) electrons. The Morgan fingerprint density at radius 2 is 1.15 bits per heavy atom. The predicted octanol–water partition coefficient (Wildman–Crippen LogP) is 4.49. The van der Waals surface area contributed by atoms with E-state index in [1.165, 1.54) is 36.7 Å². The molecule has 13 heteroatoms. The van der Waals surface area contributed by atoms with Crippen LogP contribution in [0.15, 0.2) is 128 Å².